The van der Waals surface area contributed by atoms with Gasteiger partial charge in [-0.3, -0.25) is 0 Å². The lowest BCUT2D eigenvalue weighted by atomic mass is 9.96. The highest BCUT2D eigenvalue weighted by Crippen LogP contribution is 2.30. The summed E-state index contributed by atoms with van der Waals surface area (Å²) in [5.74, 6) is -0.272. The third kappa shape index (κ3) is 1.93. The molecule has 0 spiro atoms. The number of halogens is 2. The number of hydrogen-bond donors (Lipinski definition) is 1. The molecule has 0 aliphatic carbocycles. The third-order valence-corrected chi connectivity index (χ3v) is 2.70. The van der Waals surface area contributed by atoms with Crippen molar-refractivity contribution in [2.45, 2.75) is 12.6 Å². The molecule has 2 rings (SSSR count). The molecule has 1 N–H and O–H groups in total. The maximum absolute atomic E-state index is 13.8. The van der Waals surface area contributed by atoms with E-state index >= 15 is 0 Å². The van der Waals surface area contributed by atoms with Gasteiger partial charge in [-0.2, -0.15) is 0 Å². The van der Waals surface area contributed by atoms with Gasteiger partial charge in [0.05, 0.1) is 0 Å². The first kappa shape index (κ1) is 9.59. The minimum absolute atomic E-state index is 0.0421. The van der Waals surface area contributed by atoms with Crippen LogP contribution in [0.5, 0.6) is 0 Å². The van der Waals surface area contributed by atoms with Crippen molar-refractivity contribution in [3.05, 3.63) is 35.6 Å². The number of benzene rings is 1. The van der Waals surface area contributed by atoms with Crippen molar-refractivity contribution in [3.63, 3.8) is 0 Å². The average molecular weight is 197 g/mol. The Kier molecular flexibility index (Phi) is 2.77. The van der Waals surface area contributed by atoms with Crippen LogP contribution in [0, 0.1) is 11.7 Å². The fraction of sp³-hybridized carbons (Fsp3) is 0.455. The number of rotatable bonds is 2. The molecule has 1 nitrogen and oxygen atoms in total. The van der Waals surface area contributed by atoms with E-state index in [1.807, 2.05) is 0 Å². The number of nitrogens with one attached hydrogen (secondary N) is 1. The monoisotopic (exact) mass is 197 g/mol. The summed E-state index contributed by atoms with van der Waals surface area (Å²) >= 11 is 0. The fourth-order valence-corrected chi connectivity index (χ4v) is 1.85. The lowest BCUT2D eigenvalue weighted by Crippen LogP contribution is -2.13. The topological polar surface area (TPSA) is 12.0 Å². The van der Waals surface area contributed by atoms with Crippen LogP contribution in [-0.2, 0) is 0 Å². The predicted molar refractivity (Wildman–Crippen MR) is 51.2 cm³/mol. The van der Waals surface area contributed by atoms with Crippen LogP contribution in [0.3, 0.4) is 0 Å². The van der Waals surface area contributed by atoms with E-state index in [1.54, 1.807) is 0 Å². The van der Waals surface area contributed by atoms with Crippen molar-refractivity contribution in [1.82, 2.24) is 5.32 Å². The van der Waals surface area contributed by atoms with Crippen LogP contribution in [0.25, 0.3) is 0 Å². The standard InChI is InChI=1S/C11H13F2N/c12-10-3-1-8(2-4-10)11(13)9-5-6-14-7-9/h1-4,9,11,14H,5-7H2. The van der Waals surface area contributed by atoms with Crippen LogP contribution in [0.15, 0.2) is 24.3 Å². The molecule has 3 heteroatoms. The second-order valence-electron chi connectivity index (χ2n) is 3.71. The van der Waals surface area contributed by atoms with E-state index in [1.165, 1.54) is 24.3 Å². The Morgan fingerprint density at radius 3 is 2.57 bits per heavy atom. The molecule has 1 aliphatic rings. The highest BCUT2D eigenvalue weighted by molar-refractivity contribution is 5.19. The van der Waals surface area contributed by atoms with E-state index < -0.39 is 6.17 Å². The first-order valence-electron chi connectivity index (χ1n) is 4.87. The Bertz CT molecular complexity index is 291. The molecular formula is C11H13F2N. The molecule has 0 radical (unpaired) electrons. The summed E-state index contributed by atoms with van der Waals surface area (Å²) in [6.07, 6.45) is -0.107. The SMILES string of the molecule is Fc1ccc(C(F)C2CCNC2)cc1. The normalized spacial score (nSPS) is 23.7. The Morgan fingerprint density at radius 2 is 2.00 bits per heavy atom. The van der Waals surface area contributed by atoms with Crippen LogP contribution in [0.4, 0.5) is 8.78 Å². The maximum Gasteiger partial charge on any atom is 0.129 e. The summed E-state index contributed by atoms with van der Waals surface area (Å²) in [7, 11) is 0. The van der Waals surface area contributed by atoms with E-state index in [2.05, 4.69) is 5.32 Å². The zero-order chi connectivity index (χ0) is 9.97. The van der Waals surface area contributed by atoms with Crippen molar-refractivity contribution in [2.75, 3.05) is 13.1 Å². The molecule has 14 heavy (non-hydrogen) atoms. The van der Waals surface area contributed by atoms with Gasteiger partial charge in [-0.1, -0.05) is 12.1 Å². The van der Waals surface area contributed by atoms with Crippen molar-refractivity contribution in [2.24, 2.45) is 5.92 Å². The molecular weight excluding hydrogens is 184 g/mol. The van der Waals surface area contributed by atoms with Gasteiger partial charge in [-0.15, -0.1) is 0 Å². The molecule has 1 saturated heterocycles. The molecule has 2 atom stereocenters. The third-order valence-electron chi connectivity index (χ3n) is 2.70. The lowest BCUT2D eigenvalue weighted by molar-refractivity contribution is 0.246. The van der Waals surface area contributed by atoms with Gasteiger partial charge < -0.3 is 5.32 Å². The Labute approximate surface area is 82.1 Å². The van der Waals surface area contributed by atoms with Crippen molar-refractivity contribution in [3.8, 4) is 0 Å². The summed E-state index contributed by atoms with van der Waals surface area (Å²) in [4.78, 5) is 0. The predicted octanol–water partition coefficient (Wildman–Crippen LogP) is 2.45. The van der Waals surface area contributed by atoms with Gasteiger partial charge in [0.15, 0.2) is 0 Å². The second kappa shape index (κ2) is 4.05. The average Bonchev–Trinajstić information content (AvgIpc) is 2.71. The van der Waals surface area contributed by atoms with Crippen LogP contribution >= 0.6 is 0 Å². The molecule has 1 aliphatic heterocycles. The fourth-order valence-electron chi connectivity index (χ4n) is 1.85. The van der Waals surface area contributed by atoms with Crippen molar-refractivity contribution in [1.29, 1.82) is 0 Å². The van der Waals surface area contributed by atoms with E-state index in [4.69, 9.17) is 0 Å². The minimum Gasteiger partial charge on any atom is -0.316 e. The minimum atomic E-state index is -0.967. The first-order chi connectivity index (χ1) is 6.77. The largest absolute Gasteiger partial charge is 0.316 e. The molecule has 2 unspecified atom stereocenters. The van der Waals surface area contributed by atoms with Crippen LogP contribution in [-0.4, -0.2) is 13.1 Å². The van der Waals surface area contributed by atoms with E-state index in [0.29, 0.717) is 5.56 Å². The van der Waals surface area contributed by atoms with E-state index in [9.17, 15) is 8.78 Å². The summed E-state index contributed by atoms with van der Waals surface area (Å²) in [6, 6.07) is 5.67. The molecule has 1 aromatic carbocycles. The van der Waals surface area contributed by atoms with Gasteiger partial charge in [0, 0.05) is 12.5 Å². The van der Waals surface area contributed by atoms with Gasteiger partial charge in [-0.25, -0.2) is 8.78 Å². The smallest absolute Gasteiger partial charge is 0.129 e. The van der Waals surface area contributed by atoms with Gasteiger partial charge in [0.25, 0.3) is 0 Å². The Hall–Kier alpha value is -0.960. The van der Waals surface area contributed by atoms with Crippen LogP contribution < -0.4 is 5.32 Å². The van der Waals surface area contributed by atoms with Gasteiger partial charge >= 0.3 is 0 Å². The summed E-state index contributed by atoms with van der Waals surface area (Å²) in [5.41, 5.74) is 0.583. The Balaban J connectivity index is 2.09. The number of hydrogen-bond acceptors (Lipinski definition) is 1. The molecule has 1 aromatic rings. The Morgan fingerprint density at radius 1 is 1.29 bits per heavy atom. The quantitative estimate of drug-likeness (QED) is 0.767. The van der Waals surface area contributed by atoms with E-state index in [0.717, 1.165) is 19.5 Å². The van der Waals surface area contributed by atoms with Crippen LogP contribution in [0.2, 0.25) is 0 Å². The number of alkyl halides is 1. The molecule has 1 fully saturated rings. The molecule has 0 aromatic heterocycles. The zero-order valence-corrected chi connectivity index (χ0v) is 7.84. The van der Waals surface area contributed by atoms with Gasteiger partial charge in [0.2, 0.25) is 0 Å². The summed E-state index contributed by atoms with van der Waals surface area (Å²) in [6.45, 7) is 1.60. The van der Waals surface area contributed by atoms with Crippen molar-refractivity contribution < 1.29 is 8.78 Å². The van der Waals surface area contributed by atoms with E-state index in [-0.39, 0.29) is 11.7 Å². The summed E-state index contributed by atoms with van der Waals surface area (Å²) < 4.78 is 26.4. The highest BCUT2D eigenvalue weighted by atomic mass is 19.1. The van der Waals surface area contributed by atoms with Crippen LogP contribution in [0.1, 0.15) is 18.2 Å². The zero-order valence-electron chi connectivity index (χ0n) is 7.84. The molecule has 0 amide bonds. The molecule has 1 heterocycles. The second-order valence-corrected chi connectivity index (χ2v) is 3.71. The highest BCUT2D eigenvalue weighted by Gasteiger charge is 2.25. The maximum atomic E-state index is 13.8. The summed E-state index contributed by atoms with van der Waals surface area (Å²) in [5, 5.41) is 3.12. The molecule has 0 saturated carbocycles. The van der Waals surface area contributed by atoms with Gasteiger partial charge in [-0.05, 0) is 30.7 Å². The lowest BCUT2D eigenvalue weighted by Gasteiger charge is -2.14. The first-order valence-corrected chi connectivity index (χ1v) is 4.87. The molecule has 76 valence electrons. The molecule has 0 bridgehead atoms. The van der Waals surface area contributed by atoms with Gasteiger partial charge in [0.1, 0.15) is 12.0 Å². The van der Waals surface area contributed by atoms with Crippen molar-refractivity contribution >= 4 is 0 Å².